The van der Waals surface area contributed by atoms with Crippen LogP contribution in [0.4, 0.5) is 14.6 Å². The van der Waals surface area contributed by atoms with Crippen LogP contribution in [0.25, 0.3) is 0 Å². The van der Waals surface area contributed by atoms with Crippen LogP contribution in [0.1, 0.15) is 22.9 Å². The van der Waals surface area contributed by atoms with Gasteiger partial charge in [0.2, 0.25) is 5.91 Å². The highest BCUT2D eigenvalue weighted by molar-refractivity contribution is 7.71. The van der Waals surface area contributed by atoms with Crippen LogP contribution in [-0.2, 0) is 24.2 Å². The van der Waals surface area contributed by atoms with E-state index in [4.69, 9.17) is 23.8 Å². The number of nitrogens with zero attached hydrogens (tertiary/aromatic N) is 2. The molecule has 1 unspecified atom stereocenters. The summed E-state index contributed by atoms with van der Waals surface area (Å²) in [7, 11) is 0. The molecule has 3 heterocycles. The first kappa shape index (κ1) is 18.8. The minimum absolute atomic E-state index is 0.0468. The van der Waals surface area contributed by atoms with Gasteiger partial charge in [0, 0.05) is 35.6 Å². The summed E-state index contributed by atoms with van der Waals surface area (Å²) in [6.45, 7) is 0.320. The highest BCUT2D eigenvalue weighted by Gasteiger charge is 2.31. The lowest BCUT2D eigenvalue weighted by Crippen LogP contribution is -2.16. The molecule has 1 amide bonds. The number of pyridine rings is 1. The summed E-state index contributed by atoms with van der Waals surface area (Å²) in [6.07, 6.45) is 1.99. The Morgan fingerprint density at radius 1 is 1.36 bits per heavy atom. The van der Waals surface area contributed by atoms with Gasteiger partial charge in [-0.1, -0.05) is 17.7 Å². The van der Waals surface area contributed by atoms with Crippen molar-refractivity contribution in [3.05, 3.63) is 74.9 Å². The molecule has 0 fully saturated rings. The van der Waals surface area contributed by atoms with Crippen LogP contribution >= 0.6 is 23.8 Å². The maximum atomic E-state index is 14.4. The summed E-state index contributed by atoms with van der Waals surface area (Å²) in [6, 6.07) is 7.57. The highest BCUT2D eigenvalue weighted by atomic mass is 35.5. The van der Waals surface area contributed by atoms with Crippen molar-refractivity contribution in [3.8, 4) is 0 Å². The van der Waals surface area contributed by atoms with Gasteiger partial charge in [0.1, 0.15) is 17.5 Å². The van der Waals surface area contributed by atoms with Gasteiger partial charge in [-0.15, -0.1) is 0 Å². The number of nitrogens with one attached hydrogen (secondary N) is 2. The van der Waals surface area contributed by atoms with Crippen LogP contribution in [0.15, 0.2) is 36.5 Å². The van der Waals surface area contributed by atoms with E-state index in [2.05, 4.69) is 15.3 Å². The number of fused-ring (bicyclic) bond motifs is 1. The third kappa shape index (κ3) is 3.45. The van der Waals surface area contributed by atoms with E-state index >= 15 is 0 Å². The Morgan fingerprint density at radius 2 is 2.18 bits per heavy atom. The fourth-order valence-electron chi connectivity index (χ4n) is 3.54. The number of rotatable bonds is 4. The van der Waals surface area contributed by atoms with Gasteiger partial charge in [-0.2, -0.15) is 0 Å². The SMILES string of the molecule is O=C(Cc1[nH]c(=S)n2c1CC(c1c(F)ccc(Cl)c1F)C2)Nc1ccccn1. The normalized spacial score (nSPS) is 15.5. The fourth-order valence-corrected chi connectivity index (χ4v) is 4.01. The van der Waals surface area contributed by atoms with E-state index in [0.717, 1.165) is 11.8 Å². The van der Waals surface area contributed by atoms with Crippen LogP contribution in [-0.4, -0.2) is 20.4 Å². The van der Waals surface area contributed by atoms with Crippen molar-refractivity contribution in [2.45, 2.75) is 25.3 Å². The predicted octanol–water partition coefficient (Wildman–Crippen LogP) is 4.39. The molecule has 28 heavy (non-hydrogen) atoms. The fraction of sp³-hybridized carbons (Fsp3) is 0.211. The number of aromatic amines is 1. The molecule has 0 saturated carbocycles. The van der Waals surface area contributed by atoms with Gasteiger partial charge in [-0.3, -0.25) is 4.79 Å². The van der Waals surface area contributed by atoms with Gasteiger partial charge in [0.15, 0.2) is 4.77 Å². The minimum atomic E-state index is -0.748. The molecule has 0 spiro atoms. The molecule has 1 aliphatic rings. The number of amides is 1. The summed E-state index contributed by atoms with van der Waals surface area (Å²) in [4.78, 5) is 19.4. The van der Waals surface area contributed by atoms with Crippen LogP contribution in [0.2, 0.25) is 5.02 Å². The largest absolute Gasteiger partial charge is 0.334 e. The second-order valence-electron chi connectivity index (χ2n) is 6.56. The van der Waals surface area contributed by atoms with Crippen molar-refractivity contribution in [1.29, 1.82) is 0 Å². The monoisotopic (exact) mass is 420 g/mol. The van der Waals surface area contributed by atoms with Crippen molar-refractivity contribution in [1.82, 2.24) is 14.5 Å². The molecule has 1 aliphatic heterocycles. The molecule has 0 bridgehead atoms. The number of hydrogen-bond donors (Lipinski definition) is 2. The van der Waals surface area contributed by atoms with Gasteiger partial charge in [0.05, 0.1) is 11.4 Å². The third-order valence-corrected chi connectivity index (χ3v) is 5.39. The standard InChI is InChI=1S/C19H15ClF2N4OS/c20-11-4-5-12(21)17(18(11)22)10-7-14-13(24-19(28)26(14)9-10)8-16(27)25-15-3-1-2-6-23-15/h1-6,10H,7-9H2,(H,24,28)(H,23,25,27). The van der Waals surface area contributed by atoms with Gasteiger partial charge >= 0.3 is 0 Å². The zero-order valence-electron chi connectivity index (χ0n) is 14.5. The molecule has 0 saturated heterocycles. The van der Waals surface area contributed by atoms with E-state index in [1.807, 2.05) is 0 Å². The molecule has 5 nitrogen and oxygen atoms in total. The number of carbonyl (C=O) groups excluding carboxylic acids is 1. The molecule has 3 aromatic rings. The van der Waals surface area contributed by atoms with E-state index in [9.17, 15) is 13.6 Å². The average Bonchev–Trinajstić information content (AvgIpc) is 3.21. The molecule has 4 rings (SSSR count). The van der Waals surface area contributed by atoms with Crippen LogP contribution in [0, 0.1) is 16.4 Å². The van der Waals surface area contributed by atoms with Crippen LogP contribution in [0.5, 0.6) is 0 Å². The molecule has 1 atom stereocenters. The van der Waals surface area contributed by atoms with Crippen molar-refractivity contribution >= 4 is 35.5 Å². The van der Waals surface area contributed by atoms with E-state index in [1.54, 1.807) is 29.0 Å². The molecule has 144 valence electrons. The second-order valence-corrected chi connectivity index (χ2v) is 7.36. The van der Waals surface area contributed by atoms with Crippen molar-refractivity contribution in [2.24, 2.45) is 0 Å². The molecule has 2 aromatic heterocycles. The van der Waals surface area contributed by atoms with E-state index in [-0.39, 0.29) is 22.9 Å². The summed E-state index contributed by atoms with van der Waals surface area (Å²) in [5.41, 5.74) is 1.35. The lowest BCUT2D eigenvalue weighted by Gasteiger charge is -2.13. The Kier molecular flexibility index (Phi) is 4.99. The number of imidazole rings is 1. The summed E-state index contributed by atoms with van der Waals surface area (Å²) in [5, 5.41) is 2.59. The minimum Gasteiger partial charge on any atom is -0.334 e. The number of aromatic nitrogens is 3. The Morgan fingerprint density at radius 3 is 2.93 bits per heavy atom. The summed E-state index contributed by atoms with van der Waals surface area (Å²) < 4.78 is 30.9. The Labute approximate surface area is 169 Å². The van der Waals surface area contributed by atoms with Crippen LogP contribution in [0.3, 0.4) is 0 Å². The first-order valence-corrected chi connectivity index (χ1v) is 9.37. The molecular weight excluding hydrogens is 406 g/mol. The molecule has 0 aliphatic carbocycles. The number of benzene rings is 1. The molecule has 0 radical (unpaired) electrons. The number of H-pyrrole nitrogens is 1. The first-order valence-electron chi connectivity index (χ1n) is 8.59. The molecule has 9 heteroatoms. The average molecular weight is 421 g/mol. The Balaban J connectivity index is 1.57. The van der Waals surface area contributed by atoms with Gasteiger partial charge < -0.3 is 14.9 Å². The first-order chi connectivity index (χ1) is 13.4. The number of carbonyl (C=O) groups is 1. The molecular formula is C19H15ClF2N4OS. The molecule has 2 N–H and O–H groups in total. The summed E-state index contributed by atoms with van der Waals surface area (Å²) >= 11 is 11.2. The lowest BCUT2D eigenvalue weighted by molar-refractivity contribution is -0.115. The van der Waals surface area contributed by atoms with E-state index in [0.29, 0.717) is 29.2 Å². The number of halogens is 3. The Hall–Kier alpha value is -2.58. The number of hydrogen-bond acceptors (Lipinski definition) is 3. The highest BCUT2D eigenvalue weighted by Crippen LogP contribution is 2.36. The maximum Gasteiger partial charge on any atom is 0.231 e. The van der Waals surface area contributed by atoms with Gasteiger partial charge in [-0.05, 0) is 42.9 Å². The van der Waals surface area contributed by atoms with E-state index < -0.39 is 17.6 Å². The van der Waals surface area contributed by atoms with Crippen molar-refractivity contribution in [2.75, 3.05) is 5.32 Å². The zero-order chi connectivity index (χ0) is 19.8. The quantitative estimate of drug-likeness (QED) is 0.486. The topological polar surface area (TPSA) is 62.7 Å². The van der Waals surface area contributed by atoms with Crippen molar-refractivity contribution in [3.63, 3.8) is 0 Å². The maximum absolute atomic E-state index is 14.4. The second kappa shape index (κ2) is 7.44. The zero-order valence-corrected chi connectivity index (χ0v) is 16.1. The van der Waals surface area contributed by atoms with Crippen molar-refractivity contribution < 1.29 is 13.6 Å². The van der Waals surface area contributed by atoms with Crippen LogP contribution < -0.4 is 5.32 Å². The number of anilines is 1. The molecule has 1 aromatic carbocycles. The summed E-state index contributed by atoms with van der Waals surface area (Å²) in [5.74, 6) is -1.64. The van der Waals surface area contributed by atoms with Gasteiger partial charge in [-0.25, -0.2) is 13.8 Å². The van der Waals surface area contributed by atoms with Gasteiger partial charge in [0.25, 0.3) is 0 Å². The smallest absolute Gasteiger partial charge is 0.231 e. The lowest BCUT2D eigenvalue weighted by atomic mass is 9.95. The third-order valence-electron chi connectivity index (χ3n) is 4.78. The van der Waals surface area contributed by atoms with E-state index in [1.165, 1.54) is 6.07 Å². The Bertz CT molecular complexity index is 1110. The predicted molar refractivity (Wildman–Crippen MR) is 104 cm³/mol.